The van der Waals surface area contributed by atoms with Crippen LogP contribution in [0.15, 0.2) is 34.8 Å². The zero-order valence-corrected chi connectivity index (χ0v) is 18.4. The van der Waals surface area contributed by atoms with Gasteiger partial charge in [-0.2, -0.15) is 0 Å². The minimum atomic E-state index is -0.390. The Morgan fingerprint density at radius 2 is 2.00 bits per heavy atom. The Morgan fingerprint density at radius 3 is 2.66 bits per heavy atom. The van der Waals surface area contributed by atoms with E-state index < -0.39 is 5.25 Å². The third kappa shape index (κ3) is 5.55. The van der Waals surface area contributed by atoms with E-state index in [4.69, 9.17) is 11.6 Å². The molecule has 2 N–H and O–H groups in total. The lowest BCUT2D eigenvalue weighted by atomic mass is 10.2. The fraction of sp³-hybridized carbons (Fsp3) is 0.278. The minimum absolute atomic E-state index is 0.162. The number of thioether (sulfide) groups is 1. The molecule has 0 saturated carbocycles. The van der Waals surface area contributed by atoms with Gasteiger partial charge in [0, 0.05) is 23.0 Å². The second kappa shape index (κ2) is 9.38. The van der Waals surface area contributed by atoms with E-state index >= 15 is 0 Å². The molecule has 0 saturated heterocycles. The Kier molecular flexibility index (Phi) is 6.88. The van der Waals surface area contributed by atoms with Crippen LogP contribution < -0.4 is 10.6 Å². The molecule has 152 valence electrons. The van der Waals surface area contributed by atoms with E-state index in [1.54, 1.807) is 42.8 Å². The first-order chi connectivity index (χ1) is 13.8. The number of aromatic nitrogens is 4. The first-order valence-corrected chi connectivity index (χ1v) is 10.8. The number of nitrogens with one attached hydrogen (secondary N) is 2. The Bertz CT molecular complexity index is 1020. The lowest BCUT2D eigenvalue weighted by Crippen LogP contribution is -2.24. The number of hydrogen-bond acceptors (Lipinski definition) is 7. The van der Waals surface area contributed by atoms with Crippen LogP contribution in [0.4, 0.5) is 5.13 Å². The largest absolute Gasteiger partial charge is 0.345 e. The Morgan fingerprint density at radius 1 is 1.28 bits per heavy atom. The molecule has 29 heavy (non-hydrogen) atoms. The highest BCUT2D eigenvalue weighted by Crippen LogP contribution is 2.23. The normalized spacial score (nSPS) is 11.9. The second-order valence-electron chi connectivity index (χ2n) is 6.19. The summed E-state index contributed by atoms with van der Waals surface area (Å²) < 4.78 is 1.75. The van der Waals surface area contributed by atoms with Crippen molar-refractivity contribution in [2.75, 3.05) is 5.32 Å². The molecule has 0 aliphatic rings. The quantitative estimate of drug-likeness (QED) is 0.535. The lowest BCUT2D eigenvalue weighted by Gasteiger charge is -2.10. The van der Waals surface area contributed by atoms with Gasteiger partial charge in [-0.15, -0.1) is 21.5 Å². The van der Waals surface area contributed by atoms with Crippen molar-refractivity contribution in [2.24, 2.45) is 7.05 Å². The summed E-state index contributed by atoms with van der Waals surface area (Å²) in [6.45, 7) is 3.87. The summed E-state index contributed by atoms with van der Waals surface area (Å²) in [5.41, 5.74) is 1.37. The van der Waals surface area contributed by atoms with Crippen molar-refractivity contribution in [1.82, 2.24) is 25.1 Å². The number of anilines is 1. The van der Waals surface area contributed by atoms with Crippen molar-refractivity contribution in [2.45, 2.75) is 30.8 Å². The highest BCUT2D eigenvalue weighted by atomic mass is 35.5. The van der Waals surface area contributed by atoms with Crippen LogP contribution in [-0.4, -0.2) is 36.8 Å². The Labute approximate surface area is 181 Å². The number of carbonyl (C=O) groups excluding carboxylic acids is 2. The van der Waals surface area contributed by atoms with Crippen molar-refractivity contribution in [3.8, 4) is 0 Å². The number of amides is 2. The Balaban J connectivity index is 1.56. The molecule has 8 nitrogen and oxygen atoms in total. The van der Waals surface area contributed by atoms with Crippen molar-refractivity contribution in [1.29, 1.82) is 0 Å². The molecule has 2 heterocycles. The lowest BCUT2D eigenvalue weighted by molar-refractivity contribution is -0.115. The van der Waals surface area contributed by atoms with Crippen LogP contribution in [0.1, 0.15) is 28.8 Å². The molecule has 0 radical (unpaired) electrons. The molecule has 2 amide bonds. The van der Waals surface area contributed by atoms with Gasteiger partial charge in [-0.1, -0.05) is 23.4 Å². The second-order valence-corrected chi connectivity index (χ2v) is 8.79. The van der Waals surface area contributed by atoms with E-state index in [2.05, 4.69) is 25.8 Å². The fourth-order valence-corrected chi connectivity index (χ4v) is 3.95. The highest BCUT2D eigenvalue weighted by molar-refractivity contribution is 8.00. The summed E-state index contributed by atoms with van der Waals surface area (Å²) in [5, 5.41) is 17.0. The average molecular weight is 451 g/mol. The summed E-state index contributed by atoms with van der Waals surface area (Å²) in [7, 11) is 1.79. The van der Waals surface area contributed by atoms with Crippen LogP contribution in [0.25, 0.3) is 0 Å². The van der Waals surface area contributed by atoms with Gasteiger partial charge in [-0.25, -0.2) is 4.98 Å². The van der Waals surface area contributed by atoms with Gasteiger partial charge in [0.2, 0.25) is 5.91 Å². The van der Waals surface area contributed by atoms with Gasteiger partial charge in [0.25, 0.3) is 5.91 Å². The summed E-state index contributed by atoms with van der Waals surface area (Å²) in [5.74, 6) is 0.188. The van der Waals surface area contributed by atoms with Crippen LogP contribution in [-0.2, 0) is 18.4 Å². The molecule has 0 unspecified atom stereocenters. The smallest absolute Gasteiger partial charge is 0.251 e. The van der Waals surface area contributed by atoms with Crippen LogP contribution in [0, 0.1) is 6.92 Å². The van der Waals surface area contributed by atoms with Crippen molar-refractivity contribution < 1.29 is 9.59 Å². The molecule has 0 fully saturated rings. The number of benzene rings is 1. The number of nitrogens with zero attached hydrogens (tertiary/aromatic N) is 4. The predicted octanol–water partition coefficient (Wildman–Crippen LogP) is 3.28. The van der Waals surface area contributed by atoms with Crippen LogP contribution >= 0.6 is 34.7 Å². The third-order valence-electron chi connectivity index (χ3n) is 3.94. The SMILES string of the molecule is Cc1csc(NC(=O)[C@H](C)Sc2nnc(CNC(=O)c3ccc(Cl)cc3)n2C)n1. The average Bonchev–Trinajstić information content (AvgIpc) is 3.26. The van der Waals surface area contributed by atoms with E-state index in [1.807, 2.05) is 12.3 Å². The molecule has 0 aliphatic heterocycles. The number of rotatable bonds is 7. The molecule has 1 aromatic carbocycles. The number of thiazole rings is 1. The van der Waals surface area contributed by atoms with Crippen LogP contribution in [0.2, 0.25) is 5.02 Å². The van der Waals surface area contributed by atoms with Crippen LogP contribution in [0.3, 0.4) is 0 Å². The van der Waals surface area contributed by atoms with E-state index in [-0.39, 0.29) is 18.4 Å². The number of hydrogen-bond donors (Lipinski definition) is 2. The van der Waals surface area contributed by atoms with Gasteiger partial charge in [0.05, 0.1) is 17.5 Å². The van der Waals surface area contributed by atoms with Gasteiger partial charge in [0.15, 0.2) is 16.1 Å². The van der Waals surface area contributed by atoms with Gasteiger partial charge < -0.3 is 15.2 Å². The molecule has 11 heteroatoms. The maximum absolute atomic E-state index is 12.4. The van der Waals surface area contributed by atoms with E-state index in [0.717, 1.165) is 5.69 Å². The zero-order valence-electron chi connectivity index (χ0n) is 16.0. The summed E-state index contributed by atoms with van der Waals surface area (Å²) in [6, 6.07) is 6.62. The van der Waals surface area contributed by atoms with Crippen molar-refractivity contribution in [3.63, 3.8) is 0 Å². The maximum Gasteiger partial charge on any atom is 0.251 e. The number of aryl methyl sites for hydroxylation is 1. The fourth-order valence-electron chi connectivity index (χ4n) is 2.29. The molecule has 3 aromatic rings. The third-order valence-corrected chi connectivity index (χ3v) is 6.20. The van der Waals surface area contributed by atoms with E-state index in [1.165, 1.54) is 23.1 Å². The van der Waals surface area contributed by atoms with Gasteiger partial charge in [-0.3, -0.25) is 9.59 Å². The molecule has 0 aliphatic carbocycles. The van der Waals surface area contributed by atoms with Gasteiger partial charge >= 0.3 is 0 Å². The minimum Gasteiger partial charge on any atom is -0.345 e. The predicted molar refractivity (Wildman–Crippen MR) is 114 cm³/mol. The molecular formula is C18H19ClN6O2S2. The van der Waals surface area contributed by atoms with Crippen molar-refractivity contribution in [3.05, 3.63) is 51.7 Å². The van der Waals surface area contributed by atoms with E-state index in [9.17, 15) is 9.59 Å². The monoisotopic (exact) mass is 450 g/mol. The van der Waals surface area contributed by atoms with E-state index in [0.29, 0.717) is 26.7 Å². The van der Waals surface area contributed by atoms with Crippen molar-refractivity contribution >= 4 is 51.6 Å². The van der Waals surface area contributed by atoms with Crippen LogP contribution in [0.5, 0.6) is 0 Å². The van der Waals surface area contributed by atoms with Gasteiger partial charge in [0.1, 0.15) is 0 Å². The standard InChI is InChI=1S/C18H19ClN6O2S2/c1-10-9-28-17(21-10)22-15(26)11(2)29-18-24-23-14(25(18)3)8-20-16(27)12-4-6-13(19)7-5-12/h4-7,9,11H,8H2,1-3H3,(H,20,27)(H,21,22,26)/t11-/m0/s1. The molecule has 0 spiro atoms. The molecule has 1 atom stereocenters. The zero-order chi connectivity index (χ0) is 21.0. The topological polar surface area (TPSA) is 102 Å². The first-order valence-electron chi connectivity index (χ1n) is 8.65. The van der Waals surface area contributed by atoms with Gasteiger partial charge in [-0.05, 0) is 38.1 Å². The molecule has 2 aromatic heterocycles. The molecular weight excluding hydrogens is 432 g/mol. The summed E-state index contributed by atoms with van der Waals surface area (Å²) in [6.07, 6.45) is 0. The summed E-state index contributed by atoms with van der Waals surface area (Å²) >= 11 is 8.50. The maximum atomic E-state index is 12.4. The number of halogens is 1. The molecule has 0 bridgehead atoms. The first kappa shape index (κ1) is 21.3. The molecule has 3 rings (SSSR count). The number of carbonyl (C=O) groups is 2. The Hall–Kier alpha value is -2.43. The summed E-state index contributed by atoms with van der Waals surface area (Å²) in [4.78, 5) is 28.8. The highest BCUT2D eigenvalue weighted by Gasteiger charge is 2.20.